The largest absolute Gasteiger partial charge is 0.481 e. The van der Waals surface area contributed by atoms with E-state index in [1.807, 2.05) is 0 Å². The first-order valence-electron chi connectivity index (χ1n) is 7.29. The molecule has 0 aromatic heterocycles. The van der Waals surface area contributed by atoms with Gasteiger partial charge in [-0.15, -0.1) is 0 Å². The number of hydrogen-bond acceptors (Lipinski definition) is 2. The second-order valence-electron chi connectivity index (χ2n) is 6.43. The minimum Gasteiger partial charge on any atom is -0.481 e. The van der Waals surface area contributed by atoms with Crippen molar-refractivity contribution in [2.24, 2.45) is 11.8 Å². The van der Waals surface area contributed by atoms with Crippen LogP contribution in [0.2, 0.25) is 0 Å². The van der Waals surface area contributed by atoms with Gasteiger partial charge < -0.3 is 10.0 Å². The molecule has 1 saturated heterocycles. The maximum atomic E-state index is 13.0. The van der Waals surface area contributed by atoms with Gasteiger partial charge in [-0.25, -0.2) is 4.39 Å². The summed E-state index contributed by atoms with van der Waals surface area (Å²) in [6.07, 6.45) is -4.70. The average Bonchev–Trinajstić information content (AvgIpc) is 2.92. The van der Waals surface area contributed by atoms with Crippen molar-refractivity contribution in [1.82, 2.24) is 4.90 Å². The lowest BCUT2D eigenvalue weighted by atomic mass is 9.83. The van der Waals surface area contributed by atoms with Gasteiger partial charge in [-0.05, 0) is 31.5 Å². The normalized spacial score (nSPS) is 21.8. The van der Waals surface area contributed by atoms with Crippen LogP contribution in [0.5, 0.6) is 0 Å². The van der Waals surface area contributed by atoms with Crippen molar-refractivity contribution in [1.29, 1.82) is 0 Å². The molecule has 1 fully saturated rings. The summed E-state index contributed by atoms with van der Waals surface area (Å²) in [7, 11) is 0. The van der Waals surface area contributed by atoms with Crippen LogP contribution in [0.4, 0.5) is 17.6 Å². The molecule has 1 amide bonds. The summed E-state index contributed by atoms with van der Waals surface area (Å²) in [5.41, 5.74) is -0.756. The molecular weight excluding hydrogens is 330 g/mol. The fourth-order valence-corrected chi connectivity index (χ4v) is 2.94. The molecule has 1 aliphatic heterocycles. The van der Waals surface area contributed by atoms with E-state index in [0.717, 1.165) is 17.0 Å². The third-order valence-corrected chi connectivity index (χ3v) is 4.45. The fraction of sp³-hybridized carbons (Fsp3) is 0.500. The summed E-state index contributed by atoms with van der Waals surface area (Å²) >= 11 is 0. The Morgan fingerprint density at radius 2 is 1.67 bits per heavy atom. The van der Waals surface area contributed by atoms with Gasteiger partial charge in [-0.1, -0.05) is 12.1 Å². The summed E-state index contributed by atoms with van der Waals surface area (Å²) in [5, 5.41) is 9.02. The number of hydrogen-bond donors (Lipinski definition) is 1. The van der Waals surface area contributed by atoms with Crippen molar-refractivity contribution >= 4 is 11.9 Å². The van der Waals surface area contributed by atoms with Crippen molar-refractivity contribution in [3.8, 4) is 0 Å². The average molecular weight is 347 g/mol. The molecule has 0 spiro atoms. The van der Waals surface area contributed by atoms with Crippen LogP contribution in [0.25, 0.3) is 0 Å². The van der Waals surface area contributed by atoms with Gasteiger partial charge in [-0.2, -0.15) is 13.2 Å². The standard InChI is InChI=1S/C16H17F4NO3/c1-15(2,9-3-5-10(17)6-4-9)14(24)21-7-11(13(22)23)12(8-21)16(18,19)20/h3-6,11-12H,7-8H2,1-2H3,(H,22,23)/t11-,12-/m1/s1. The highest BCUT2D eigenvalue weighted by atomic mass is 19.4. The Morgan fingerprint density at radius 3 is 2.08 bits per heavy atom. The van der Waals surface area contributed by atoms with Crippen LogP contribution in [-0.2, 0) is 15.0 Å². The molecule has 0 unspecified atom stereocenters. The Hall–Kier alpha value is -2.12. The van der Waals surface area contributed by atoms with Crippen LogP contribution in [0.3, 0.4) is 0 Å². The number of carboxylic acid groups (broad SMARTS) is 1. The molecule has 132 valence electrons. The number of alkyl halides is 3. The number of aliphatic carboxylic acids is 1. The second-order valence-corrected chi connectivity index (χ2v) is 6.43. The molecule has 2 rings (SSSR count). The van der Waals surface area contributed by atoms with Crippen LogP contribution in [-0.4, -0.2) is 41.1 Å². The number of carbonyl (C=O) groups is 2. The lowest BCUT2D eigenvalue weighted by molar-refractivity contribution is -0.188. The van der Waals surface area contributed by atoms with Gasteiger partial charge in [-0.3, -0.25) is 9.59 Å². The van der Waals surface area contributed by atoms with Gasteiger partial charge in [0.2, 0.25) is 5.91 Å². The van der Waals surface area contributed by atoms with E-state index >= 15 is 0 Å². The highest BCUT2D eigenvalue weighted by Gasteiger charge is 2.54. The van der Waals surface area contributed by atoms with Gasteiger partial charge in [0, 0.05) is 13.1 Å². The summed E-state index contributed by atoms with van der Waals surface area (Å²) in [6, 6.07) is 5.10. The third-order valence-electron chi connectivity index (χ3n) is 4.45. The molecule has 0 radical (unpaired) electrons. The Bertz CT molecular complexity index is 640. The highest BCUT2D eigenvalue weighted by Crippen LogP contribution is 2.39. The van der Waals surface area contributed by atoms with Gasteiger partial charge >= 0.3 is 12.1 Å². The first-order valence-corrected chi connectivity index (χ1v) is 7.29. The Morgan fingerprint density at radius 1 is 1.12 bits per heavy atom. The summed E-state index contributed by atoms with van der Waals surface area (Å²) in [5.74, 6) is -6.47. The summed E-state index contributed by atoms with van der Waals surface area (Å²) in [4.78, 5) is 24.7. The minimum absolute atomic E-state index is 0.441. The molecule has 0 saturated carbocycles. The lowest BCUT2D eigenvalue weighted by Crippen LogP contribution is -2.43. The number of carbonyl (C=O) groups excluding carboxylic acids is 1. The first-order chi connectivity index (χ1) is 10.9. The van der Waals surface area contributed by atoms with Crippen molar-refractivity contribution in [3.63, 3.8) is 0 Å². The molecule has 1 N–H and O–H groups in total. The smallest absolute Gasteiger partial charge is 0.394 e. The Kier molecular flexibility index (Phi) is 4.61. The second kappa shape index (κ2) is 6.07. The van der Waals surface area contributed by atoms with E-state index in [1.165, 1.54) is 26.0 Å². The van der Waals surface area contributed by atoms with Crippen LogP contribution >= 0.6 is 0 Å². The van der Waals surface area contributed by atoms with Gasteiger partial charge in [0.25, 0.3) is 0 Å². The number of likely N-dealkylation sites (tertiary alicyclic amines) is 1. The molecular formula is C16H17F4NO3. The van der Waals surface area contributed by atoms with Crippen LogP contribution in [0.15, 0.2) is 24.3 Å². The number of carboxylic acids is 1. The zero-order valence-corrected chi connectivity index (χ0v) is 13.1. The van der Waals surface area contributed by atoms with Crippen molar-refractivity contribution in [3.05, 3.63) is 35.6 Å². The molecule has 0 bridgehead atoms. The molecule has 24 heavy (non-hydrogen) atoms. The molecule has 2 atom stereocenters. The van der Waals surface area contributed by atoms with E-state index in [-0.39, 0.29) is 0 Å². The fourth-order valence-electron chi connectivity index (χ4n) is 2.94. The maximum absolute atomic E-state index is 13.0. The van der Waals surface area contributed by atoms with Crippen LogP contribution in [0.1, 0.15) is 19.4 Å². The quantitative estimate of drug-likeness (QED) is 0.856. The van der Waals surface area contributed by atoms with E-state index in [2.05, 4.69) is 0 Å². The van der Waals surface area contributed by atoms with Crippen LogP contribution < -0.4 is 0 Å². The van der Waals surface area contributed by atoms with E-state index in [4.69, 9.17) is 5.11 Å². The summed E-state index contributed by atoms with van der Waals surface area (Å²) in [6.45, 7) is 1.84. The van der Waals surface area contributed by atoms with E-state index < -0.39 is 54.2 Å². The third kappa shape index (κ3) is 3.37. The molecule has 1 heterocycles. The number of amides is 1. The molecule has 1 aromatic carbocycles. The zero-order chi connectivity index (χ0) is 18.3. The van der Waals surface area contributed by atoms with E-state index in [9.17, 15) is 27.2 Å². The van der Waals surface area contributed by atoms with Crippen LogP contribution in [0, 0.1) is 17.7 Å². The van der Waals surface area contributed by atoms with Crippen molar-refractivity contribution < 1.29 is 32.3 Å². The predicted molar refractivity (Wildman–Crippen MR) is 76.7 cm³/mol. The number of rotatable bonds is 3. The zero-order valence-electron chi connectivity index (χ0n) is 13.1. The molecule has 1 aromatic rings. The van der Waals surface area contributed by atoms with Crippen molar-refractivity contribution in [2.75, 3.05) is 13.1 Å². The van der Waals surface area contributed by atoms with Gasteiger partial charge in [0.15, 0.2) is 0 Å². The van der Waals surface area contributed by atoms with Gasteiger partial charge in [0.1, 0.15) is 5.82 Å². The van der Waals surface area contributed by atoms with Crippen molar-refractivity contribution in [2.45, 2.75) is 25.4 Å². The number of nitrogens with zero attached hydrogens (tertiary/aromatic N) is 1. The topological polar surface area (TPSA) is 57.6 Å². The monoisotopic (exact) mass is 347 g/mol. The summed E-state index contributed by atoms with van der Waals surface area (Å²) < 4.78 is 52.1. The Labute approximate surface area is 136 Å². The highest BCUT2D eigenvalue weighted by molar-refractivity contribution is 5.88. The van der Waals surface area contributed by atoms with Gasteiger partial charge in [0.05, 0.1) is 17.3 Å². The minimum atomic E-state index is -4.70. The first kappa shape index (κ1) is 18.2. The Balaban J connectivity index is 2.26. The van der Waals surface area contributed by atoms with E-state index in [0.29, 0.717) is 5.56 Å². The lowest BCUT2D eigenvalue weighted by Gasteiger charge is -2.30. The molecule has 0 aliphatic carbocycles. The number of halogens is 4. The molecule has 1 aliphatic rings. The van der Waals surface area contributed by atoms with E-state index in [1.54, 1.807) is 0 Å². The SMILES string of the molecule is CC(C)(C(=O)N1C[C@@H](C(F)(F)F)[C@H](C(=O)O)C1)c1ccc(F)cc1. The molecule has 4 nitrogen and oxygen atoms in total. The molecule has 8 heteroatoms. The number of benzene rings is 1. The maximum Gasteiger partial charge on any atom is 0.394 e. The predicted octanol–water partition coefficient (Wildman–Crippen LogP) is 2.82.